The van der Waals surface area contributed by atoms with Crippen LogP contribution in [-0.2, 0) is 11.1 Å². The first-order valence-corrected chi connectivity index (χ1v) is 5.97. The van der Waals surface area contributed by atoms with Crippen LogP contribution in [0.15, 0.2) is 0 Å². The lowest BCUT2D eigenvalue weighted by Crippen LogP contribution is -2.30. The maximum atomic E-state index is 10.4. The minimum absolute atomic E-state index is 0.403. The van der Waals surface area contributed by atoms with E-state index in [1.54, 1.807) is 0 Å². The predicted octanol–water partition coefficient (Wildman–Crippen LogP) is -0.108. The van der Waals surface area contributed by atoms with Crippen molar-refractivity contribution < 1.29 is 8.76 Å². The third kappa shape index (κ3) is 4.17. The van der Waals surface area contributed by atoms with Crippen LogP contribution in [0.1, 0.15) is 12.8 Å². The summed E-state index contributed by atoms with van der Waals surface area (Å²) in [6.07, 6.45) is 2.01. The second kappa shape index (κ2) is 5.70. The Bertz CT molecular complexity index is 178. The smallest absolute Gasteiger partial charge is 0.152 e. The summed E-state index contributed by atoms with van der Waals surface area (Å²) >= 11 is -1.62. The Kier molecular flexibility index (Phi) is 4.87. The molecule has 1 aliphatic heterocycles. The van der Waals surface area contributed by atoms with Crippen molar-refractivity contribution in [1.29, 1.82) is 0 Å². The highest BCUT2D eigenvalue weighted by Gasteiger charge is 2.19. The Labute approximate surface area is 82.0 Å². The fraction of sp³-hybridized carbons (Fsp3) is 1.00. The lowest BCUT2D eigenvalue weighted by atomic mass is 10.3. The van der Waals surface area contributed by atoms with Crippen molar-refractivity contribution in [1.82, 2.24) is 10.2 Å². The van der Waals surface area contributed by atoms with E-state index in [1.165, 1.54) is 6.42 Å². The first-order chi connectivity index (χ1) is 6.22. The topological polar surface area (TPSA) is 52.6 Å². The van der Waals surface area contributed by atoms with Crippen LogP contribution in [0, 0.1) is 0 Å². The molecular formula is C8H18N2O2S. The number of hydrogen-bond acceptors (Lipinski definition) is 3. The Morgan fingerprint density at radius 2 is 2.46 bits per heavy atom. The molecule has 1 fully saturated rings. The Balaban J connectivity index is 2.07. The number of likely N-dealkylation sites (N-methyl/N-ethyl adjacent to an activating group) is 1. The van der Waals surface area contributed by atoms with Gasteiger partial charge in [0.05, 0.1) is 5.75 Å². The normalized spacial score (nSPS) is 26.5. The molecule has 2 unspecified atom stereocenters. The highest BCUT2D eigenvalue weighted by atomic mass is 32.2. The molecule has 2 atom stereocenters. The van der Waals surface area contributed by atoms with E-state index < -0.39 is 11.1 Å². The quantitative estimate of drug-likeness (QED) is 0.616. The van der Waals surface area contributed by atoms with Gasteiger partial charge in [0, 0.05) is 12.6 Å². The zero-order valence-corrected chi connectivity index (χ0v) is 8.85. The number of rotatable bonds is 5. The van der Waals surface area contributed by atoms with Gasteiger partial charge in [-0.15, -0.1) is 0 Å². The van der Waals surface area contributed by atoms with Gasteiger partial charge in [0.15, 0.2) is 11.1 Å². The average molecular weight is 206 g/mol. The van der Waals surface area contributed by atoms with Gasteiger partial charge in [-0.2, -0.15) is 0 Å². The number of nitrogens with zero attached hydrogens (tertiary/aromatic N) is 1. The first-order valence-electron chi connectivity index (χ1n) is 4.69. The Morgan fingerprint density at radius 1 is 1.69 bits per heavy atom. The Hall–Kier alpha value is 0.0300. The van der Waals surface area contributed by atoms with Crippen molar-refractivity contribution in [3.05, 3.63) is 0 Å². The summed E-state index contributed by atoms with van der Waals surface area (Å²) < 4.78 is 18.9. The van der Waals surface area contributed by atoms with E-state index in [1.807, 2.05) is 7.05 Å². The predicted molar refractivity (Wildman–Crippen MR) is 54.2 cm³/mol. The van der Waals surface area contributed by atoms with Gasteiger partial charge < -0.3 is 14.8 Å². The molecule has 5 heteroatoms. The molecule has 78 valence electrons. The minimum atomic E-state index is -1.62. The largest absolute Gasteiger partial charge is 0.316 e. The molecule has 1 rings (SSSR count). The summed E-state index contributed by atoms with van der Waals surface area (Å²) in [5, 5.41) is 3.24. The van der Waals surface area contributed by atoms with Gasteiger partial charge in [0.1, 0.15) is 0 Å². The Morgan fingerprint density at radius 3 is 3.00 bits per heavy atom. The summed E-state index contributed by atoms with van der Waals surface area (Å²) in [4.78, 5) is 2.34. The molecule has 2 N–H and O–H groups in total. The van der Waals surface area contributed by atoms with Crippen LogP contribution in [0.3, 0.4) is 0 Å². The highest BCUT2D eigenvalue weighted by molar-refractivity contribution is 7.79. The summed E-state index contributed by atoms with van der Waals surface area (Å²) in [7, 11) is 1.98. The summed E-state index contributed by atoms with van der Waals surface area (Å²) in [5.41, 5.74) is 0. The molecule has 0 aliphatic carbocycles. The van der Waals surface area contributed by atoms with Gasteiger partial charge in [-0.25, -0.2) is 4.21 Å². The molecule has 13 heavy (non-hydrogen) atoms. The van der Waals surface area contributed by atoms with Crippen LogP contribution in [0.2, 0.25) is 0 Å². The fourth-order valence-electron chi connectivity index (χ4n) is 1.68. The molecule has 0 amide bonds. The lowest BCUT2D eigenvalue weighted by molar-refractivity contribution is 0.330. The van der Waals surface area contributed by atoms with E-state index >= 15 is 0 Å². The van der Waals surface area contributed by atoms with Crippen LogP contribution in [0.5, 0.6) is 0 Å². The zero-order valence-electron chi connectivity index (χ0n) is 8.03. The molecule has 1 saturated heterocycles. The maximum Gasteiger partial charge on any atom is 0.152 e. The summed E-state index contributed by atoms with van der Waals surface area (Å²) in [6.45, 7) is 3.14. The van der Waals surface area contributed by atoms with Crippen molar-refractivity contribution in [3.8, 4) is 0 Å². The van der Waals surface area contributed by atoms with Crippen LogP contribution < -0.4 is 5.32 Å². The van der Waals surface area contributed by atoms with Gasteiger partial charge in [0.25, 0.3) is 0 Å². The molecule has 0 radical (unpaired) electrons. The molecule has 0 saturated carbocycles. The third-order valence-corrected chi connectivity index (χ3v) is 3.11. The first kappa shape index (κ1) is 11.1. The van der Waals surface area contributed by atoms with Crippen molar-refractivity contribution in [3.63, 3.8) is 0 Å². The van der Waals surface area contributed by atoms with E-state index in [0.29, 0.717) is 11.8 Å². The van der Waals surface area contributed by atoms with Crippen molar-refractivity contribution in [2.45, 2.75) is 18.9 Å². The molecule has 0 aromatic heterocycles. The molecule has 0 bridgehead atoms. The van der Waals surface area contributed by atoms with Gasteiger partial charge in [-0.1, -0.05) is 0 Å². The number of likely N-dealkylation sites (tertiary alicyclic amines) is 1. The average Bonchev–Trinajstić information content (AvgIpc) is 2.52. The lowest BCUT2D eigenvalue weighted by Gasteiger charge is -2.14. The fourth-order valence-corrected chi connectivity index (χ4v) is 2.06. The van der Waals surface area contributed by atoms with E-state index in [4.69, 9.17) is 4.55 Å². The van der Waals surface area contributed by atoms with Crippen LogP contribution in [-0.4, -0.2) is 52.1 Å². The van der Waals surface area contributed by atoms with Crippen molar-refractivity contribution >= 4 is 11.1 Å². The summed E-state index contributed by atoms with van der Waals surface area (Å²) in [5.74, 6) is 0.403. The van der Waals surface area contributed by atoms with Crippen molar-refractivity contribution in [2.75, 3.05) is 32.4 Å². The van der Waals surface area contributed by atoms with Crippen LogP contribution in [0.25, 0.3) is 0 Å². The van der Waals surface area contributed by atoms with E-state index in [-0.39, 0.29) is 0 Å². The van der Waals surface area contributed by atoms with Gasteiger partial charge in [0.2, 0.25) is 0 Å². The van der Waals surface area contributed by atoms with Gasteiger partial charge in [-0.3, -0.25) is 0 Å². The van der Waals surface area contributed by atoms with Crippen LogP contribution in [0.4, 0.5) is 0 Å². The molecule has 0 aromatic rings. The molecule has 1 aliphatic rings. The maximum absolute atomic E-state index is 10.4. The zero-order chi connectivity index (χ0) is 9.68. The molecule has 4 nitrogen and oxygen atoms in total. The summed E-state index contributed by atoms with van der Waals surface area (Å²) in [6, 6.07) is 0.611. The van der Waals surface area contributed by atoms with Gasteiger partial charge >= 0.3 is 0 Å². The molecule has 0 aromatic carbocycles. The van der Waals surface area contributed by atoms with E-state index in [0.717, 1.165) is 26.1 Å². The van der Waals surface area contributed by atoms with E-state index in [2.05, 4.69) is 10.2 Å². The number of hydrogen-bond donors (Lipinski definition) is 2. The molecule has 1 heterocycles. The van der Waals surface area contributed by atoms with Crippen LogP contribution >= 0.6 is 0 Å². The second-order valence-corrected chi connectivity index (χ2v) is 4.51. The van der Waals surface area contributed by atoms with Gasteiger partial charge in [-0.05, 0) is 33.0 Å². The molecule has 0 spiro atoms. The monoisotopic (exact) mass is 206 g/mol. The van der Waals surface area contributed by atoms with Crippen molar-refractivity contribution in [2.24, 2.45) is 0 Å². The number of nitrogens with one attached hydrogen (secondary N) is 1. The highest BCUT2D eigenvalue weighted by Crippen LogP contribution is 2.08. The molecular weight excluding hydrogens is 188 g/mol. The minimum Gasteiger partial charge on any atom is -0.316 e. The standard InChI is InChI=1S/C8H18N2O2S/c1-9-8-3-5-10(7-8)4-2-6-13(11)12/h8-9H,2-7H2,1H3,(H,11,12). The van der Waals surface area contributed by atoms with E-state index in [9.17, 15) is 4.21 Å². The third-order valence-electron chi connectivity index (χ3n) is 2.47. The second-order valence-electron chi connectivity index (χ2n) is 3.45. The SMILES string of the molecule is CNC1CCN(CCCS(=O)O)C1.